The fourth-order valence-corrected chi connectivity index (χ4v) is 3.08. The highest BCUT2D eigenvalue weighted by Crippen LogP contribution is 2.30. The van der Waals surface area contributed by atoms with Crippen molar-refractivity contribution in [3.63, 3.8) is 0 Å². The Hall–Kier alpha value is -3.84. The number of nitrogens with zero attached hydrogens (tertiary/aromatic N) is 2. The number of rotatable bonds is 5. The van der Waals surface area contributed by atoms with Crippen molar-refractivity contribution in [2.45, 2.75) is 6.92 Å². The number of aromatic nitrogens is 2. The van der Waals surface area contributed by atoms with E-state index in [9.17, 15) is 4.79 Å². The number of fused-ring (bicyclic) bond motifs is 1. The van der Waals surface area contributed by atoms with Crippen LogP contribution in [-0.2, 0) is 0 Å². The van der Waals surface area contributed by atoms with Gasteiger partial charge in [-0.1, -0.05) is 48.0 Å². The molecule has 4 rings (SSSR count). The van der Waals surface area contributed by atoms with E-state index in [0.29, 0.717) is 16.3 Å². The smallest absolute Gasteiger partial charge is 0.270 e. The first kappa shape index (κ1) is 19.5. The average Bonchev–Trinajstić information content (AvgIpc) is 2.76. The summed E-state index contributed by atoms with van der Waals surface area (Å²) in [5, 5.41) is 2.45. The summed E-state index contributed by atoms with van der Waals surface area (Å²) >= 11 is 6.04. The van der Waals surface area contributed by atoms with Crippen molar-refractivity contribution in [1.82, 2.24) is 15.4 Å². The Balaban J connectivity index is 1.51. The Morgan fingerprint density at radius 1 is 1.07 bits per heavy atom. The number of anilines is 2. The lowest BCUT2D eigenvalue weighted by atomic mass is 10.0. The van der Waals surface area contributed by atoms with Gasteiger partial charge >= 0.3 is 0 Å². The van der Waals surface area contributed by atoms with E-state index in [4.69, 9.17) is 22.1 Å². The van der Waals surface area contributed by atoms with Crippen LogP contribution in [0.3, 0.4) is 0 Å². The van der Waals surface area contributed by atoms with E-state index in [0.717, 1.165) is 16.3 Å². The van der Waals surface area contributed by atoms with Crippen LogP contribution in [0.5, 0.6) is 11.6 Å². The lowest BCUT2D eigenvalue weighted by molar-refractivity contribution is 0.0964. The number of benzene rings is 3. The van der Waals surface area contributed by atoms with Crippen LogP contribution in [0, 0.1) is 6.92 Å². The zero-order valence-electron chi connectivity index (χ0n) is 16.0. The summed E-state index contributed by atoms with van der Waals surface area (Å²) in [7, 11) is 0. The van der Waals surface area contributed by atoms with Crippen molar-refractivity contribution in [3.8, 4) is 11.6 Å². The molecule has 0 spiro atoms. The van der Waals surface area contributed by atoms with Crippen LogP contribution in [-0.4, -0.2) is 15.9 Å². The first-order chi connectivity index (χ1) is 14.5. The third kappa shape index (κ3) is 3.97. The highest BCUT2D eigenvalue weighted by atomic mass is 35.5. The second kappa shape index (κ2) is 8.26. The number of nitrogens with one attached hydrogen (secondary N) is 2. The topological polar surface area (TPSA) is 102 Å². The van der Waals surface area contributed by atoms with Crippen LogP contribution in [0.2, 0.25) is 5.02 Å². The summed E-state index contributed by atoms with van der Waals surface area (Å²) in [6.45, 7) is 1.87. The molecular weight excluding hydrogens is 402 g/mol. The molecule has 30 heavy (non-hydrogen) atoms. The minimum Gasteiger partial charge on any atom is -0.437 e. The molecular formula is C22H18ClN5O2. The SMILES string of the molecule is Cc1cc(Oc2ncnc(NNC(=O)c3cccc4ccccc34)c2N)ccc1Cl. The zero-order chi connectivity index (χ0) is 21.1. The van der Waals surface area contributed by atoms with Gasteiger partial charge in [0.2, 0.25) is 5.88 Å². The van der Waals surface area contributed by atoms with Crippen molar-refractivity contribution >= 4 is 39.8 Å². The highest BCUT2D eigenvalue weighted by molar-refractivity contribution is 6.31. The van der Waals surface area contributed by atoms with Gasteiger partial charge in [-0.15, -0.1) is 0 Å². The van der Waals surface area contributed by atoms with E-state index in [-0.39, 0.29) is 23.3 Å². The summed E-state index contributed by atoms with van der Waals surface area (Å²) in [4.78, 5) is 20.8. The molecule has 0 radical (unpaired) electrons. The number of halogens is 1. The van der Waals surface area contributed by atoms with Gasteiger partial charge in [0.05, 0.1) is 0 Å². The number of hydrogen-bond acceptors (Lipinski definition) is 6. The largest absolute Gasteiger partial charge is 0.437 e. The molecule has 0 aliphatic carbocycles. The predicted octanol–water partition coefficient (Wildman–Crippen LogP) is 4.72. The third-order valence-electron chi connectivity index (χ3n) is 4.52. The normalized spacial score (nSPS) is 10.6. The minimum atomic E-state index is -0.319. The molecule has 0 saturated carbocycles. The number of amides is 1. The van der Waals surface area contributed by atoms with Gasteiger partial charge < -0.3 is 10.5 Å². The number of ether oxygens (including phenoxy) is 1. The van der Waals surface area contributed by atoms with Gasteiger partial charge in [0, 0.05) is 10.6 Å². The highest BCUT2D eigenvalue weighted by Gasteiger charge is 2.13. The molecule has 0 aliphatic rings. The Kier molecular flexibility index (Phi) is 5.36. The van der Waals surface area contributed by atoms with Crippen molar-refractivity contribution in [2.75, 3.05) is 11.2 Å². The second-order valence-corrected chi connectivity index (χ2v) is 6.97. The quantitative estimate of drug-likeness (QED) is 0.404. The van der Waals surface area contributed by atoms with Gasteiger partial charge in [-0.3, -0.25) is 15.6 Å². The monoisotopic (exact) mass is 419 g/mol. The van der Waals surface area contributed by atoms with Crippen LogP contribution in [0.25, 0.3) is 10.8 Å². The average molecular weight is 420 g/mol. The van der Waals surface area contributed by atoms with E-state index < -0.39 is 0 Å². The number of nitrogen functional groups attached to an aromatic ring is 1. The summed E-state index contributed by atoms with van der Waals surface area (Å²) < 4.78 is 5.75. The molecule has 0 saturated heterocycles. The van der Waals surface area contributed by atoms with Crippen molar-refractivity contribution < 1.29 is 9.53 Å². The molecule has 8 heteroatoms. The standard InChI is InChI=1S/C22H18ClN5O2/c1-13-11-15(9-10-18(13)23)30-22-19(24)20(25-12-26-22)27-28-21(29)17-8-4-6-14-5-2-3-7-16(14)17/h2-12H,24H2,1H3,(H,28,29)(H,25,26,27). The predicted molar refractivity (Wildman–Crippen MR) is 118 cm³/mol. The Bertz CT molecular complexity index is 1240. The van der Waals surface area contributed by atoms with Gasteiger partial charge in [-0.2, -0.15) is 4.98 Å². The molecule has 4 N–H and O–H groups in total. The van der Waals surface area contributed by atoms with Crippen molar-refractivity contribution in [2.24, 2.45) is 0 Å². The molecule has 1 aromatic heterocycles. The molecule has 4 aromatic rings. The van der Waals surface area contributed by atoms with E-state index in [1.165, 1.54) is 6.33 Å². The molecule has 0 aliphatic heterocycles. The first-order valence-corrected chi connectivity index (χ1v) is 9.49. The Labute approximate surface area is 177 Å². The van der Waals surface area contributed by atoms with Crippen molar-refractivity contribution in [1.29, 1.82) is 0 Å². The van der Waals surface area contributed by atoms with Crippen molar-refractivity contribution in [3.05, 3.63) is 83.1 Å². The molecule has 0 bridgehead atoms. The lowest BCUT2D eigenvalue weighted by Crippen LogP contribution is -2.30. The van der Waals surface area contributed by atoms with Gasteiger partial charge in [-0.25, -0.2) is 4.98 Å². The summed E-state index contributed by atoms with van der Waals surface area (Å²) in [5.41, 5.74) is 13.0. The maximum atomic E-state index is 12.7. The zero-order valence-corrected chi connectivity index (χ0v) is 16.8. The van der Waals surface area contributed by atoms with E-state index in [2.05, 4.69) is 20.8 Å². The Morgan fingerprint density at radius 2 is 1.87 bits per heavy atom. The number of hydrazine groups is 1. The second-order valence-electron chi connectivity index (χ2n) is 6.56. The van der Waals surface area contributed by atoms with Gasteiger partial charge in [0.15, 0.2) is 5.82 Å². The molecule has 1 amide bonds. The summed E-state index contributed by atoms with van der Waals surface area (Å²) in [5.74, 6) is 0.599. The maximum absolute atomic E-state index is 12.7. The number of carbonyl (C=O) groups is 1. The third-order valence-corrected chi connectivity index (χ3v) is 4.94. The van der Waals surface area contributed by atoms with E-state index >= 15 is 0 Å². The fourth-order valence-electron chi connectivity index (χ4n) is 2.96. The lowest BCUT2D eigenvalue weighted by Gasteiger charge is -2.13. The Morgan fingerprint density at radius 3 is 2.70 bits per heavy atom. The molecule has 3 aromatic carbocycles. The fraction of sp³-hybridized carbons (Fsp3) is 0.0455. The van der Waals surface area contributed by atoms with Crippen LogP contribution >= 0.6 is 11.6 Å². The van der Waals surface area contributed by atoms with Gasteiger partial charge in [-0.05, 0) is 47.5 Å². The number of hydrogen-bond donors (Lipinski definition) is 3. The summed E-state index contributed by atoms with van der Waals surface area (Å²) in [6, 6.07) is 18.4. The van der Waals surface area contributed by atoms with Gasteiger partial charge in [0.1, 0.15) is 17.8 Å². The van der Waals surface area contributed by atoms with Crippen LogP contribution in [0.4, 0.5) is 11.5 Å². The molecule has 1 heterocycles. The maximum Gasteiger partial charge on any atom is 0.270 e. The van der Waals surface area contributed by atoms with Crippen LogP contribution in [0.1, 0.15) is 15.9 Å². The van der Waals surface area contributed by atoms with E-state index in [1.807, 2.05) is 43.3 Å². The molecule has 0 unspecified atom stereocenters. The molecule has 150 valence electrons. The number of nitrogens with two attached hydrogens (primary N) is 1. The first-order valence-electron chi connectivity index (χ1n) is 9.11. The van der Waals surface area contributed by atoms with Crippen LogP contribution in [0.15, 0.2) is 67.0 Å². The summed E-state index contributed by atoms with van der Waals surface area (Å²) in [6.07, 6.45) is 1.29. The minimum absolute atomic E-state index is 0.156. The number of carbonyl (C=O) groups excluding carboxylic acids is 1. The van der Waals surface area contributed by atoms with E-state index in [1.54, 1.807) is 24.3 Å². The molecule has 0 fully saturated rings. The molecule has 7 nitrogen and oxygen atoms in total. The number of aryl methyl sites for hydroxylation is 1. The molecule has 0 atom stereocenters. The van der Waals surface area contributed by atoms with Crippen LogP contribution < -0.4 is 21.3 Å². The van der Waals surface area contributed by atoms with Gasteiger partial charge in [0.25, 0.3) is 5.91 Å².